The highest BCUT2D eigenvalue weighted by molar-refractivity contribution is 5.18. The normalized spacial score (nSPS) is 11.1. The van der Waals surface area contributed by atoms with Gasteiger partial charge in [-0.2, -0.15) is 0 Å². The van der Waals surface area contributed by atoms with Crippen molar-refractivity contribution in [1.29, 1.82) is 0 Å². The van der Waals surface area contributed by atoms with Gasteiger partial charge in [-0.3, -0.25) is 0 Å². The third-order valence-electron chi connectivity index (χ3n) is 1.29. The van der Waals surface area contributed by atoms with Crippen molar-refractivity contribution < 1.29 is 0 Å². The summed E-state index contributed by atoms with van der Waals surface area (Å²) >= 11 is 0. The molecule has 0 N–H and O–H groups in total. The van der Waals surface area contributed by atoms with E-state index in [1.54, 1.807) is 6.08 Å². The monoisotopic (exact) mass is 122 g/mol. The molecule has 0 fully saturated rings. The van der Waals surface area contributed by atoms with Gasteiger partial charge in [0.2, 0.25) is 0 Å². The minimum atomic E-state index is 0.958. The van der Waals surface area contributed by atoms with Crippen LogP contribution in [0, 0.1) is 0 Å². The molecule has 9 heavy (non-hydrogen) atoms. The Bertz CT molecular complexity index is 138. The van der Waals surface area contributed by atoms with Crippen molar-refractivity contribution in [3.63, 3.8) is 0 Å². The molecule has 0 aliphatic heterocycles. The highest BCUT2D eigenvalue weighted by Crippen LogP contribution is 2.07. The largest absolute Gasteiger partial charge is 0.0988 e. The first-order valence-corrected chi connectivity index (χ1v) is 3.12. The number of rotatable bonds is 3. The van der Waals surface area contributed by atoms with Crippen LogP contribution in [0.2, 0.25) is 0 Å². The highest BCUT2D eigenvalue weighted by Gasteiger charge is 1.87. The lowest BCUT2D eigenvalue weighted by molar-refractivity contribution is 1.15. The van der Waals surface area contributed by atoms with Gasteiger partial charge in [0.25, 0.3) is 0 Å². The van der Waals surface area contributed by atoms with Crippen LogP contribution in [0.1, 0.15) is 20.3 Å². The molecular weight excluding hydrogens is 108 g/mol. The molecule has 0 radical (unpaired) electrons. The number of allylic oxidation sites excluding steroid dienone is 4. The molecule has 0 unspecified atom stereocenters. The molecule has 0 saturated carbocycles. The SMILES string of the molecule is C=CC(=C)C/C(C)=C/C. The summed E-state index contributed by atoms with van der Waals surface area (Å²) in [4.78, 5) is 0. The van der Waals surface area contributed by atoms with Crippen molar-refractivity contribution in [2.75, 3.05) is 0 Å². The molecule has 0 aromatic heterocycles. The average molecular weight is 122 g/mol. The molecule has 0 aliphatic rings. The molecule has 0 aromatic rings. The maximum absolute atomic E-state index is 3.80. The van der Waals surface area contributed by atoms with Crippen LogP contribution >= 0.6 is 0 Å². The molecule has 0 rings (SSSR count). The van der Waals surface area contributed by atoms with E-state index < -0.39 is 0 Å². The molecule has 0 amide bonds. The zero-order valence-electron chi connectivity index (χ0n) is 6.28. The van der Waals surface area contributed by atoms with E-state index >= 15 is 0 Å². The Balaban J connectivity index is 3.74. The van der Waals surface area contributed by atoms with Crippen LogP contribution in [0.3, 0.4) is 0 Å². The van der Waals surface area contributed by atoms with Gasteiger partial charge in [-0.15, -0.1) is 0 Å². The lowest BCUT2D eigenvalue weighted by atomic mass is 10.1. The highest BCUT2D eigenvalue weighted by atomic mass is 13.9. The molecule has 0 aromatic carbocycles. The second-order valence-corrected chi connectivity index (χ2v) is 2.17. The lowest BCUT2D eigenvalue weighted by Crippen LogP contribution is -1.76. The van der Waals surface area contributed by atoms with E-state index in [1.165, 1.54) is 5.57 Å². The quantitative estimate of drug-likeness (QED) is 0.398. The topological polar surface area (TPSA) is 0 Å². The first-order valence-electron chi connectivity index (χ1n) is 3.12. The fraction of sp³-hybridized carbons (Fsp3) is 0.333. The predicted molar refractivity (Wildman–Crippen MR) is 43.4 cm³/mol. The van der Waals surface area contributed by atoms with Crippen LogP contribution in [0.25, 0.3) is 0 Å². The molecule has 0 atom stereocenters. The van der Waals surface area contributed by atoms with Gasteiger partial charge in [-0.05, 0) is 20.3 Å². The van der Waals surface area contributed by atoms with Gasteiger partial charge < -0.3 is 0 Å². The van der Waals surface area contributed by atoms with E-state index in [2.05, 4.69) is 26.2 Å². The Morgan fingerprint density at radius 2 is 2.11 bits per heavy atom. The van der Waals surface area contributed by atoms with Gasteiger partial charge in [0.1, 0.15) is 0 Å². The van der Waals surface area contributed by atoms with Crippen molar-refractivity contribution in [3.05, 3.63) is 36.5 Å². The third kappa shape index (κ3) is 3.77. The predicted octanol–water partition coefficient (Wildman–Crippen LogP) is 3.08. The van der Waals surface area contributed by atoms with Crippen LogP contribution in [-0.2, 0) is 0 Å². The van der Waals surface area contributed by atoms with Crippen LogP contribution in [0.5, 0.6) is 0 Å². The summed E-state index contributed by atoms with van der Waals surface area (Å²) in [7, 11) is 0. The molecule has 0 heteroatoms. The Morgan fingerprint density at radius 1 is 1.56 bits per heavy atom. The Labute approximate surface area is 57.6 Å². The minimum absolute atomic E-state index is 0.958. The van der Waals surface area contributed by atoms with Gasteiger partial charge in [-0.1, -0.05) is 36.5 Å². The summed E-state index contributed by atoms with van der Waals surface area (Å²) in [6, 6.07) is 0. The zero-order chi connectivity index (χ0) is 7.28. The molecule has 50 valence electrons. The first kappa shape index (κ1) is 8.22. The maximum atomic E-state index is 3.80. The zero-order valence-corrected chi connectivity index (χ0v) is 6.28. The van der Waals surface area contributed by atoms with E-state index in [4.69, 9.17) is 0 Å². The van der Waals surface area contributed by atoms with E-state index in [0.29, 0.717) is 0 Å². The molecule has 0 aliphatic carbocycles. The van der Waals surface area contributed by atoms with E-state index in [9.17, 15) is 0 Å². The molecule has 0 bridgehead atoms. The van der Waals surface area contributed by atoms with Crippen LogP contribution in [-0.4, -0.2) is 0 Å². The van der Waals surface area contributed by atoms with E-state index in [1.807, 2.05) is 6.92 Å². The van der Waals surface area contributed by atoms with Crippen molar-refractivity contribution in [3.8, 4) is 0 Å². The van der Waals surface area contributed by atoms with Gasteiger partial charge in [0.15, 0.2) is 0 Å². The van der Waals surface area contributed by atoms with E-state index in [-0.39, 0.29) is 0 Å². The fourth-order valence-corrected chi connectivity index (χ4v) is 0.532. The van der Waals surface area contributed by atoms with Crippen molar-refractivity contribution in [1.82, 2.24) is 0 Å². The van der Waals surface area contributed by atoms with E-state index in [0.717, 1.165) is 12.0 Å². The second kappa shape index (κ2) is 4.13. The average Bonchev–Trinajstić information content (AvgIpc) is 1.87. The molecule has 0 spiro atoms. The summed E-state index contributed by atoms with van der Waals surface area (Å²) < 4.78 is 0. The van der Waals surface area contributed by atoms with Crippen LogP contribution < -0.4 is 0 Å². The third-order valence-corrected chi connectivity index (χ3v) is 1.29. The molecular formula is C9H14. The lowest BCUT2D eigenvalue weighted by Gasteiger charge is -1.97. The van der Waals surface area contributed by atoms with Crippen LogP contribution in [0.4, 0.5) is 0 Å². The Hall–Kier alpha value is -0.780. The van der Waals surface area contributed by atoms with Crippen molar-refractivity contribution in [2.24, 2.45) is 0 Å². The minimum Gasteiger partial charge on any atom is -0.0988 e. The second-order valence-electron chi connectivity index (χ2n) is 2.17. The summed E-state index contributed by atoms with van der Waals surface area (Å²) in [6.45, 7) is 11.5. The molecule has 0 heterocycles. The Kier molecular flexibility index (Phi) is 3.78. The maximum Gasteiger partial charge on any atom is -0.00761 e. The molecule has 0 saturated heterocycles. The Morgan fingerprint density at radius 3 is 2.44 bits per heavy atom. The van der Waals surface area contributed by atoms with Crippen molar-refractivity contribution >= 4 is 0 Å². The van der Waals surface area contributed by atoms with Gasteiger partial charge in [0.05, 0.1) is 0 Å². The van der Waals surface area contributed by atoms with Crippen molar-refractivity contribution in [2.45, 2.75) is 20.3 Å². The van der Waals surface area contributed by atoms with Gasteiger partial charge in [0, 0.05) is 0 Å². The van der Waals surface area contributed by atoms with Crippen LogP contribution in [0.15, 0.2) is 36.5 Å². The summed E-state index contributed by atoms with van der Waals surface area (Å²) in [5.74, 6) is 0. The number of hydrogen-bond donors (Lipinski definition) is 0. The molecule has 0 nitrogen and oxygen atoms in total. The summed E-state index contributed by atoms with van der Waals surface area (Å²) in [6.07, 6.45) is 4.85. The number of hydrogen-bond acceptors (Lipinski definition) is 0. The first-order chi connectivity index (χ1) is 4.20. The summed E-state index contributed by atoms with van der Waals surface area (Å²) in [5, 5.41) is 0. The summed E-state index contributed by atoms with van der Waals surface area (Å²) in [5.41, 5.74) is 2.44. The fourth-order valence-electron chi connectivity index (χ4n) is 0.532. The van der Waals surface area contributed by atoms with Gasteiger partial charge >= 0.3 is 0 Å². The standard InChI is InChI=1S/C9H14/c1-5-8(3)7-9(4)6-2/h5-6H,1,3,7H2,2,4H3/b9-6+. The smallest absolute Gasteiger partial charge is 0.00761 e. The van der Waals surface area contributed by atoms with Gasteiger partial charge in [-0.25, -0.2) is 0 Å².